The van der Waals surface area contributed by atoms with Crippen LogP contribution in [0.2, 0.25) is 5.15 Å². The predicted molar refractivity (Wildman–Crippen MR) is 79.9 cm³/mol. The van der Waals surface area contributed by atoms with Gasteiger partial charge in [0.05, 0.1) is 37.2 Å². The van der Waals surface area contributed by atoms with Gasteiger partial charge in [0.2, 0.25) is 0 Å². The molecule has 1 N–H and O–H groups in total. The highest BCUT2D eigenvalue weighted by molar-refractivity contribution is 6.30. The summed E-state index contributed by atoms with van der Waals surface area (Å²) in [5, 5.41) is 8.50. The Morgan fingerprint density at radius 1 is 1.24 bits per heavy atom. The number of halogens is 1. The number of rotatable bonds is 3. The minimum atomic E-state index is 0.269. The highest BCUT2D eigenvalue weighted by Gasteiger charge is 2.24. The molecule has 2 unspecified atom stereocenters. The molecule has 0 spiro atoms. The molecule has 6 nitrogen and oxygen atoms in total. The van der Waals surface area contributed by atoms with Crippen molar-refractivity contribution in [1.29, 1.82) is 0 Å². The van der Waals surface area contributed by atoms with Crippen molar-refractivity contribution in [2.45, 2.75) is 24.9 Å². The number of nitrogens with zero attached hydrogens (tertiary/aromatic N) is 3. The summed E-state index contributed by atoms with van der Waals surface area (Å²) in [6, 6.07) is 2.46. The molecule has 0 radical (unpaired) electrons. The molecule has 21 heavy (non-hydrogen) atoms. The van der Waals surface area contributed by atoms with Crippen LogP contribution in [0.4, 0.5) is 5.69 Å². The molecule has 2 aliphatic heterocycles. The smallest absolute Gasteiger partial charge is 0.132 e. The van der Waals surface area contributed by atoms with Gasteiger partial charge in [0.15, 0.2) is 0 Å². The van der Waals surface area contributed by atoms with Crippen LogP contribution in [0.15, 0.2) is 12.3 Å². The Morgan fingerprint density at radius 3 is 2.86 bits per heavy atom. The van der Waals surface area contributed by atoms with Gasteiger partial charge in [-0.25, -0.2) is 4.98 Å². The van der Waals surface area contributed by atoms with Gasteiger partial charge in [0.25, 0.3) is 0 Å². The molecule has 4 rings (SSSR count). The van der Waals surface area contributed by atoms with Crippen LogP contribution in [0, 0.1) is 0 Å². The van der Waals surface area contributed by atoms with Gasteiger partial charge in [0, 0.05) is 19.3 Å². The third-order valence-electron chi connectivity index (χ3n) is 4.06. The molecule has 2 saturated heterocycles. The second-order valence-corrected chi connectivity index (χ2v) is 5.93. The first-order valence-corrected chi connectivity index (χ1v) is 7.65. The molecule has 112 valence electrons. The van der Waals surface area contributed by atoms with Gasteiger partial charge in [-0.3, -0.25) is 4.68 Å². The van der Waals surface area contributed by atoms with E-state index in [9.17, 15) is 0 Å². The predicted octanol–water partition coefficient (Wildman–Crippen LogP) is 2.25. The highest BCUT2D eigenvalue weighted by atomic mass is 35.5. The first-order valence-electron chi connectivity index (χ1n) is 7.27. The van der Waals surface area contributed by atoms with E-state index >= 15 is 0 Å². The number of hydrogen-bond acceptors (Lipinski definition) is 5. The van der Waals surface area contributed by atoms with E-state index in [1.807, 2.05) is 10.7 Å². The van der Waals surface area contributed by atoms with Crippen LogP contribution >= 0.6 is 11.6 Å². The van der Waals surface area contributed by atoms with Gasteiger partial charge in [-0.05, 0) is 12.8 Å². The van der Waals surface area contributed by atoms with Gasteiger partial charge in [-0.2, -0.15) is 5.10 Å². The van der Waals surface area contributed by atoms with Gasteiger partial charge in [-0.1, -0.05) is 11.6 Å². The molecule has 7 heteroatoms. The first kappa shape index (κ1) is 13.3. The molecule has 2 atom stereocenters. The average molecular weight is 309 g/mol. The summed E-state index contributed by atoms with van der Waals surface area (Å²) in [7, 11) is 0. The van der Waals surface area contributed by atoms with Crippen molar-refractivity contribution in [3.63, 3.8) is 0 Å². The summed E-state index contributed by atoms with van der Waals surface area (Å²) in [6.45, 7) is 3.01. The number of nitrogens with one attached hydrogen (secondary N) is 1. The highest BCUT2D eigenvalue weighted by Crippen LogP contribution is 2.31. The van der Waals surface area contributed by atoms with Gasteiger partial charge in [0.1, 0.15) is 16.2 Å². The minimum Gasteiger partial charge on any atom is -0.379 e. The molecule has 2 fully saturated rings. The Hall–Kier alpha value is -1.37. The third-order valence-corrected chi connectivity index (χ3v) is 4.26. The maximum absolute atomic E-state index is 6.13. The van der Waals surface area contributed by atoms with E-state index in [1.54, 1.807) is 6.20 Å². The van der Waals surface area contributed by atoms with E-state index in [1.165, 1.54) is 0 Å². The lowest BCUT2D eigenvalue weighted by Crippen LogP contribution is -2.20. The fourth-order valence-corrected chi connectivity index (χ4v) is 3.20. The molecule has 2 aromatic rings. The normalized spacial score (nSPS) is 25.8. The van der Waals surface area contributed by atoms with Gasteiger partial charge < -0.3 is 14.8 Å². The summed E-state index contributed by atoms with van der Waals surface area (Å²) in [5.41, 5.74) is 2.79. The van der Waals surface area contributed by atoms with E-state index in [4.69, 9.17) is 21.1 Å². The molecule has 0 aliphatic carbocycles. The fourth-order valence-electron chi connectivity index (χ4n) is 3.00. The SMILES string of the molecule is Clc1cc(NC2CCOC2)c2c(cnn2C2CCOC2)n1. The summed E-state index contributed by atoms with van der Waals surface area (Å²) >= 11 is 6.13. The van der Waals surface area contributed by atoms with Crippen LogP contribution in [0.25, 0.3) is 11.0 Å². The first-order chi connectivity index (χ1) is 10.3. The monoisotopic (exact) mass is 308 g/mol. The lowest BCUT2D eigenvalue weighted by molar-refractivity contribution is 0.185. The van der Waals surface area contributed by atoms with E-state index in [-0.39, 0.29) is 6.04 Å². The van der Waals surface area contributed by atoms with Crippen molar-refractivity contribution in [2.75, 3.05) is 31.7 Å². The van der Waals surface area contributed by atoms with Crippen molar-refractivity contribution in [2.24, 2.45) is 0 Å². The summed E-state index contributed by atoms with van der Waals surface area (Å²) in [5.74, 6) is 0. The maximum Gasteiger partial charge on any atom is 0.132 e. The number of anilines is 1. The summed E-state index contributed by atoms with van der Waals surface area (Å²) in [6.07, 6.45) is 3.75. The molecular formula is C14H17ClN4O2. The van der Waals surface area contributed by atoms with Crippen LogP contribution in [-0.4, -0.2) is 47.2 Å². The van der Waals surface area contributed by atoms with Crippen molar-refractivity contribution in [3.8, 4) is 0 Å². The summed E-state index contributed by atoms with van der Waals surface area (Å²) < 4.78 is 12.9. The van der Waals surface area contributed by atoms with Crippen molar-refractivity contribution in [1.82, 2.24) is 14.8 Å². The quantitative estimate of drug-likeness (QED) is 0.881. The number of hydrogen-bond donors (Lipinski definition) is 1. The second kappa shape index (κ2) is 5.44. The number of pyridine rings is 1. The van der Waals surface area contributed by atoms with Gasteiger partial charge in [-0.15, -0.1) is 0 Å². The zero-order valence-corrected chi connectivity index (χ0v) is 12.3. The van der Waals surface area contributed by atoms with Crippen LogP contribution in [0.3, 0.4) is 0 Å². The molecule has 0 aromatic carbocycles. The second-order valence-electron chi connectivity index (χ2n) is 5.54. The lowest BCUT2D eigenvalue weighted by atomic mass is 10.2. The fraction of sp³-hybridized carbons (Fsp3) is 0.571. The molecule has 2 aliphatic rings. The molecule has 4 heterocycles. The van der Waals surface area contributed by atoms with Crippen LogP contribution in [0.5, 0.6) is 0 Å². The van der Waals surface area contributed by atoms with E-state index in [2.05, 4.69) is 15.4 Å². The van der Waals surface area contributed by atoms with Crippen LogP contribution in [-0.2, 0) is 9.47 Å². The molecular weight excluding hydrogens is 292 g/mol. The molecule has 0 bridgehead atoms. The van der Waals surface area contributed by atoms with E-state index in [0.29, 0.717) is 17.8 Å². The van der Waals surface area contributed by atoms with Crippen molar-refractivity contribution < 1.29 is 9.47 Å². The zero-order valence-electron chi connectivity index (χ0n) is 11.6. The number of fused-ring (bicyclic) bond motifs is 1. The maximum atomic E-state index is 6.13. The molecule has 0 amide bonds. The zero-order chi connectivity index (χ0) is 14.2. The van der Waals surface area contributed by atoms with Crippen LogP contribution in [0.1, 0.15) is 18.9 Å². The van der Waals surface area contributed by atoms with Crippen molar-refractivity contribution in [3.05, 3.63) is 17.4 Å². The number of aromatic nitrogens is 3. The van der Waals surface area contributed by atoms with Gasteiger partial charge >= 0.3 is 0 Å². The Balaban J connectivity index is 1.76. The topological polar surface area (TPSA) is 61.2 Å². The molecule has 2 aromatic heterocycles. The lowest BCUT2D eigenvalue weighted by Gasteiger charge is -2.17. The summed E-state index contributed by atoms with van der Waals surface area (Å²) in [4.78, 5) is 4.37. The average Bonchev–Trinajstić information content (AvgIpc) is 3.18. The Kier molecular flexibility index (Phi) is 3.45. The van der Waals surface area contributed by atoms with Crippen LogP contribution < -0.4 is 5.32 Å². The molecule has 0 saturated carbocycles. The Labute approximate surface area is 127 Å². The third kappa shape index (κ3) is 2.47. The van der Waals surface area contributed by atoms with E-state index in [0.717, 1.165) is 49.4 Å². The van der Waals surface area contributed by atoms with E-state index < -0.39 is 0 Å². The Morgan fingerprint density at radius 2 is 2.10 bits per heavy atom. The number of ether oxygens (including phenoxy) is 2. The standard InChI is InChI=1S/C14H17ClN4O2/c15-13-5-11(17-9-1-3-20-7-9)14-12(18-13)6-16-19(14)10-2-4-21-8-10/h5-6,9-10H,1-4,7-8H2,(H,17,18). The Bertz CT molecular complexity index is 648. The largest absolute Gasteiger partial charge is 0.379 e. The minimum absolute atomic E-state index is 0.269. The van der Waals surface area contributed by atoms with Crippen molar-refractivity contribution >= 4 is 28.3 Å².